The number of aromatic nitrogens is 5. The van der Waals surface area contributed by atoms with Crippen LogP contribution in [0.25, 0.3) is 27.9 Å². The van der Waals surface area contributed by atoms with Gasteiger partial charge in [0.05, 0.1) is 36.7 Å². The van der Waals surface area contributed by atoms with Crippen molar-refractivity contribution in [1.29, 1.82) is 5.26 Å². The summed E-state index contributed by atoms with van der Waals surface area (Å²) in [5, 5.41) is 24.4. The number of carbonyl (C=O) groups is 1. The molecule has 5 rings (SSSR count). The first-order valence-corrected chi connectivity index (χ1v) is 10.5. The van der Waals surface area contributed by atoms with E-state index in [1.54, 1.807) is 46.8 Å². The number of aryl methyl sites for hydroxylation is 1. The second-order valence-electron chi connectivity index (χ2n) is 7.93. The van der Waals surface area contributed by atoms with E-state index in [-0.39, 0.29) is 11.9 Å². The van der Waals surface area contributed by atoms with Gasteiger partial charge in [0.25, 0.3) is 5.91 Å². The van der Waals surface area contributed by atoms with Crippen molar-refractivity contribution >= 4 is 17.4 Å². The average molecular weight is 442 g/mol. The average Bonchev–Trinajstić information content (AvgIpc) is 3.59. The van der Waals surface area contributed by atoms with E-state index in [0.29, 0.717) is 41.4 Å². The molecule has 1 aliphatic heterocycles. The zero-order valence-corrected chi connectivity index (χ0v) is 18.2. The van der Waals surface area contributed by atoms with E-state index in [4.69, 9.17) is 9.72 Å². The molecule has 0 spiro atoms. The van der Waals surface area contributed by atoms with Gasteiger partial charge in [0.1, 0.15) is 5.82 Å². The zero-order valence-electron chi connectivity index (χ0n) is 18.2. The molecule has 10 nitrogen and oxygen atoms in total. The molecule has 4 heterocycles. The predicted octanol–water partition coefficient (Wildman–Crippen LogP) is 2.23. The number of hydrogen-bond acceptors (Lipinski definition) is 7. The molecule has 0 aliphatic carbocycles. The number of nitrogens with one attached hydrogen (secondary N) is 2. The second kappa shape index (κ2) is 8.37. The van der Waals surface area contributed by atoms with E-state index < -0.39 is 0 Å². The lowest BCUT2D eigenvalue weighted by Crippen LogP contribution is -2.20. The SMILES string of the molecule is CNC(=O)c1cc(C#N)cc(-c2cnn3cc(-c4cnn(C)c4)c(NC4CCOC4)nc23)c1. The second-order valence-corrected chi connectivity index (χ2v) is 7.93. The van der Waals surface area contributed by atoms with Gasteiger partial charge < -0.3 is 15.4 Å². The van der Waals surface area contributed by atoms with Crippen molar-refractivity contribution in [2.75, 3.05) is 25.6 Å². The van der Waals surface area contributed by atoms with Gasteiger partial charge in [-0.3, -0.25) is 9.48 Å². The van der Waals surface area contributed by atoms with Crippen LogP contribution in [0.1, 0.15) is 22.3 Å². The monoisotopic (exact) mass is 442 g/mol. The van der Waals surface area contributed by atoms with Crippen LogP contribution in [0.4, 0.5) is 5.82 Å². The Labute approximate surface area is 189 Å². The maximum absolute atomic E-state index is 12.2. The number of fused-ring (bicyclic) bond motifs is 1. The topological polar surface area (TPSA) is 122 Å². The Bertz CT molecular complexity index is 1390. The summed E-state index contributed by atoms with van der Waals surface area (Å²) in [7, 11) is 3.42. The first kappa shape index (κ1) is 20.7. The van der Waals surface area contributed by atoms with Crippen molar-refractivity contribution in [3.63, 3.8) is 0 Å². The van der Waals surface area contributed by atoms with Gasteiger partial charge in [0.2, 0.25) is 0 Å². The number of rotatable bonds is 5. The van der Waals surface area contributed by atoms with E-state index in [9.17, 15) is 10.1 Å². The van der Waals surface area contributed by atoms with Gasteiger partial charge in [0, 0.05) is 55.3 Å². The highest BCUT2D eigenvalue weighted by Crippen LogP contribution is 2.32. The number of anilines is 1. The molecule has 0 radical (unpaired) electrons. The minimum Gasteiger partial charge on any atom is -0.379 e. The summed E-state index contributed by atoms with van der Waals surface area (Å²) in [6, 6.07) is 7.32. The molecule has 4 aromatic rings. The lowest BCUT2D eigenvalue weighted by molar-refractivity contribution is 0.0963. The van der Waals surface area contributed by atoms with Crippen LogP contribution in [0.15, 0.2) is 43.0 Å². The Morgan fingerprint density at radius 1 is 1.18 bits per heavy atom. The number of hydrogen-bond donors (Lipinski definition) is 2. The van der Waals surface area contributed by atoms with E-state index in [1.807, 2.05) is 19.4 Å². The first-order valence-electron chi connectivity index (χ1n) is 10.5. The fourth-order valence-corrected chi connectivity index (χ4v) is 3.96. The first-order chi connectivity index (χ1) is 16.1. The molecule has 2 N–H and O–H groups in total. The van der Waals surface area contributed by atoms with Crippen molar-refractivity contribution in [1.82, 2.24) is 29.7 Å². The fraction of sp³-hybridized carbons (Fsp3) is 0.261. The third-order valence-corrected chi connectivity index (χ3v) is 5.64. The van der Waals surface area contributed by atoms with Crippen LogP contribution in [0.5, 0.6) is 0 Å². The molecule has 3 aromatic heterocycles. The lowest BCUT2D eigenvalue weighted by Gasteiger charge is -2.15. The van der Waals surface area contributed by atoms with Crippen LogP contribution in [0, 0.1) is 11.3 Å². The fourth-order valence-electron chi connectivity index (χ4n) is 3.96. The van der Waals surface area contributed by atoms with Gasteiger partial charge >= 0.3 is 0 Å². The molecule has 33 heavy (non-hydrogen) atoms. The quantitative estimate of drug-likeness (QED) is 0.486. The van der Waals surface area contributed by atoms with Gasteiger partial charge in [-0.1, -0.05) is 0 Å². The maximum Gasteiger partial charge on any atom is 0.251 e. The Kier molecular flexibility index (Phi) is 5.24. The number of amides is 1. The molecule has 1 unspecified atom stereocenters. The predicted molar refractivity (Wildman–Crippen MR) is 122 cm³/mol. The third kappa shape index (κ3) is 3.90. The summed E-state index contributed by atoms with van der Waals surface area (Å²) in [5.41, 5.74) is 4.60. The number of nitrogens with zero attached hydrogens (tertiary/aromatic N) is 6. The highest BCUT2D eigenvalue weighted by Gasteiger charge is 2.21. The van der Waals surface area contributed by atoms with Crippen LogP contribution in [0.2, 0.25) is 0 Å². The van der Waals surface area contributed by atoms with Gasteiger partial charge in [-0.25, -0.2) is 9.50 Å². The Morgan fingerprint density at radius 3 is 2.76 bits per heavy atom. The number of carbonyl (C=O) groups excluding carboxylic acids is 1. The number of ether oxygens (including phenoxy) is 1. The van der Waals surface area contributed by atoms with Crippen LogP contribution in [-0.4, -0.2) is 56.6 Å². The van der Waals surface area contributed by atoms with Crippen LogP contribution in [0.3, 0.4) is 0 Å². The van der Waals surface area contributed by atoms with E-state index in [2.05, 4.69) is 26.9 Å². The summed E-state index contributed by atoms with van der Waals surface area (Å²) in [4.78, 5) is 17.2. The number of nitriles is 1. The molecule has 10 heteroatoms. The molecule has 0 saturated carbocycles. The smallest absolute Gasteiger partial charge is 0.251 e. The van der Waals surface area contributed by atoms with Crippen LogP contribution < -0.4 is 10.6 Å². The molecule has 1 amide bonds. The molecule has 0 bridgehead atoms. The Morgan fingerprint density at radius 2 is 2.06 bits per heavy atom. The van der Waals surface area contributed by atoms with Crippen molar-refractivity contribution in [2.24, 2.45) is 7.05 Å². The van der Waals surface area contributed by atoms with Crippen LogP contribution >= 0.6 is 0 Å². The lowest BCUT2D eigenvalue weighted by atomic mass is 10.0. The molecule has 166 valence electrons. The Balaban J connectivity index is 1.66. The van der Waals surface area contributed by atoms with Gasteiger partial charge in [-0.2, -0.15) is 15.5 Å². The molecule has 1 saturated heterocycles. The van der Waals surface area contributed by atoms with Crippen molar-refractivity contribution < 1.29 is 9.53 Å². The molecular formula is C23H22N8O2. The Hall–Kier alpha value is -4.23. The van der Waals surface area contributed by atoms with E-state index in [1.165, 1.54) is 0 Å². The van der Waals surface area contributed by atoms with Crippen molar-refractivity contribution in [2.45, 2.75) is 12.5 Å². The summed E-state index contributed by atoms with van der Waals surface area (Å²) in [6.45, 7) is 1.33. The minimum absolute atomic E-state index is 0.156. The van der Waals surface area contributed by atoms with Gasteiger partial charge in [-0.05, 0) is 30.2 Å². The standard InChI is InChI=1S/C23H22N8O2/c1-25-23(32)16-6-14(8-24)5-15(7-16)19-10-27-31-12-20(17-9-26-30(2)11-17)21(29-22(19)31)28-18-3-4-33-13-18/h5-7,9-12,18H,3-4,13H2,1-2H3,(H,25,32)(H,28,29). The maximum atomic E-state index is 12.2. The highest BCUT2D eigenvalue weighted by molar-refractivity contribution is 5.96. The van der Waals surface area contributed by atoms with Crippen LogP contribution in [-0.2, 0) is 11.8 Å². The highest BCUT2D eigenvalue weighted by atomic mass is 16.5. The number of benzene rings is 1. The summed E-state index contributed by atoms with van der Waals surface area (Å²) < 4.78 is 8.96. The normalized spacial score (nSPS) is 15.5. The van der Waals surface area contributed by atoms with E-state index in [0.717, 1.165) is 23.1 Å². The van der Waals surface area contributed by atoms with Gasteiger partial charge in [-0.15, -0.1) is 0 Å². The van der Waals surface area contributed by atoms with Crippen molar-refractivity contribution in [3.05, 3.63) is 54.1 Å². The zero-order chi connectivity index (χ0) is 22.9. The third-order valence-electron chi connectivity index (χ3n) is 5.64. The molecule has 1 fully saturated rings. The molecule has 1 atom stereocenters. The van der Waals surface area contributed by atoms with Crippen molar-refractivity contribution in [3.8, 4) is 28.3 Å². The van der Waals surface area contributed by atoms with E-state index >= 15 is 0 Å². The molecule has 1 aromatic carbocycles. The minimum atomic E-state index is -0.264. The summed E-state index contributed by atoms with van der Waals surface area (Å²) in [5.74, 6) is 0.441. The molecule has 1 aliphatic rings. The summed E-state index contributed by atoms with van der Waals surface area (Å²) >= 11 is 0. The summed E-state index contributed by atoms with van der Waals surface area (Å²) in [6.07, 6.45) is 8.22. The largest absolute Gasteiger partial charge is 0.379 e. The van der Waals surface area contributed by atoms with Gasteiger partial charge in [0.15, 0.2) is 5.65 Å². The molecular weight excluding hydrogens is 420 g/mol.